The highest BCUT2D eigenvalue weighted by Gasteiger charge is 2.56. The monoisotopic (exact) mass is 669 g/mol. The van der Waals surface area contributed by atoms with Gasteiger partial charge in [-0.15, -0.1) is 0 Å². The van der Waals surface area contributed by atoms with Crippen molar-refractivity contribution in [1.82, 2.24) is 4.98 Å². The summed E-state index contributed by atoms with van der Waals surface area (Å²) in [7, 11) is 0. The molecule has 1 aromatic heterocycles. The second-order valence-electron chi connectivity index (χ2n) is 10.7. The Hall–Kier alpha value is -4.56. The minimum absolute atomic E-state index is 0.182. The minimum atomic E-state index is -4.67. The summed E-state index contributed by atoms with van der Waals surface area (Å²) in [5, 5.41) is 2.17. The van der Waals surface area contributed by atoms with E-state index in [9.17, 15) is 32.3 Å². The highest BCUT2D eigenvalue weighted by molar-refractivity contribution is 8.00. The Morgan fingerprint density at radius 2 is 1.74 bits per heavy atom. The first-order valence-corrected chi connectivity index (χ1v) is 15.8. The number of carbonyl (C=O) groups is 3. The molecule has 6 rings (SSSR count). The number of nitrogens with one attached hydrogen (secondary N) is 2. The van der Waals surface area contributed by atoms with Crippen molar-refractivity contribution >= 4 is 52.2 Å². The van der Waals surface area contributed by atoms with E-state index in [-0.39, 0.29) is 35.3 Å². The highest BCUT2D eigenvalue weighted by atomic mass is 32.2. The van der Waals surface area contributed by atoms with Gasteiger partial charge in [-0.2, -0.15) is 13.2 Å². The van der Waals surface area contributed by atoms with E-state index in [0.717, 1.165) is 51.8 Å². The van der Waals surface area contributed by atoms with Crippen molar-refractivity contribution in [2.75, 3.05) is 23.4 Å². The van der Waals surface area contributed by atoms with E-state index in [4.69, 9.17) is 9.47 Å². The summed E-state index contributed by atoms with van der Waals surface area (Å²) in [4.78, 5) is 56.3. The average molecular weight is 670 g/mol. The Morgan fingerprint density at radius 1 is 0.978 bits per heavy atom. The Bertz CT molecular complexity index is 1890. The summed E-state index contributed by atoms with van der Waals surface area (Å²) in [6, 6.07) is 16.2. The maximum absolute atomic E-state index is 14.0. The molecule has 1 fully saturated rings. The maximum Gasteiger partial charge on any atom is 0.416 e. The van der Waals surface area contributed by atoms with Gasteiger partial charge < -0.3 is 19.8 Å². The molecule has 3 amide bonds. The first-order chi connectivity index (χ1) is 21.9. The standard InChI is InChI=1S/C32H26F3N3O6S2/c1-3-43-22-13-17(9-12-21(22)44-15-23(39)36-19-10-7-16(2)8-11-19)24-25-27(45-28-26(24)46-31(42)37-28)30(41)38(29(25)40)20-6-4-5-18(14-20)32(33,34)35/h4-14,24-25,27H,3,15H2,1-2H3,(H,36,39)(H,37,42). The quantitative estimate of drug-likeness (QED) is 0.222. The molecule has 2 N–H and O–H groups in total. The fourth-order valence-electron chi connectivity index (χ4n) is 5.53. The van der Waals surface area contributed by atoms with Crippen molar-refractivity contribution in [1.29, 1.82) is 0 Å². The number of imide groups is 1. The zero-order valence-corrected chi connectivity index (χ0v) is 26.0. The summed E-state index contributed by atoms with van der Waals surface area (Å²) in [6.07, 6.45) is -4.67. The van der Waals surface area contributed by atoms with Crippen LogP contribution >= 0.6 is 23.1 Å². The molecule has 3 heterocycles. The number of aryl methyl sites for hydroxylation is 1. The molecule has 14 heteroatoms. The van der Waals surface area contributed by atoms with Crippen LogP contribution < -0.4 is 24.6 Å². The van der Waals surface area contributed by atoms with Crippen LogP contribution in [0.3, 0.4) is 0 Å². The van der Waals surface area contributed by atoms with Crippen molar-refractivity contribution in [2.24, 2.45) is 5.92 Å². The summed E-state index contributed by atoms with van der Waals surface area (Å²) in [6.45, 7) is 3.62. The number of rotatable bonds is 8. The first kappa shape index (κ1) is 31.4. The normalized spacial score (nSPS) is 19.1. The number of aromatic nitrogens is 1. The Kier molecular flexibility index (Phi) is 8.42. The number of hydrogen-bond acceptors (Lipinski definition) is 8. The number of thiazole rings is 1. The molecule has 2 aliphatic heterocycles. The summed E-state index contributed by atoms with van der Waals surface area (Å²) in [5.41, 5.74) is 1.01. The van der Waals surface area contributed by atoms with Gasteiger partial charge in [-0.1, -0.05) is 52.9 Å². The van der Waals surface area contributed by atoms with Crippen molar-refractivity contribution in [3.05, 3.63) is 98.0 Å². The average Bonchev–Trinajstić information content (AvgIpc) is 3.51. The molecule has 0 saturated carbocycles. The van der Waals surface area contributed by atoms with Crippen LogP contribution in [-0.4, -0.2) is 41.2 Å². The van der Waals surface area contributed by atoms with Crippen LogP contribution in [0.4, 0.5) is 24.5 Å². The van der Waals surface area contributed by atoms with Gasteiger partial charge in [-0.25, -0.2) is 4.90 Å². The molecule has 0 aliphatic carbocycles. The van der Waals surface area contributed by atoms with Crippen LogP contribution in [0.25, 0.3) is 0 Å². The number of thioether (sulfide) groups is 1. The number of halogens is 3. The van der Waals surface area contributed by atoms with Gasteiger partial charge in [0.1, 0.15) is 5.25 Å². The lowest BCUT2D eigenvalue weighted by molar-refractivity contribution is -0.137. The third kappa shape index (κ3) is 6.01. The topological polar surface area (TPSA) is 118 Å². The molecule has 1 saturated heterocycles. The second-order valence-corrected chi connectivity index (χ2v) is 12.8. The van der Waals surface area contributed by atoms with Gasteiger partial charge in [0, 0.05) is 16.5 Å². The second kappa shape index (κ2) is 12.3. The minimum Gasteiger partial charge on any atom is -0.490 e. The van der Waals surface area contributed by atoms with Crippen LogP contribution in [0.5, 0.6) is 11.5 Å². The van der Waals surface area contributed by atoms with Crippen LogP contribution in [0, 0.1) is 12.8 Å². The van der Waals surface area contributed by atoms with Gasteiger partial charge in [0.25, 0.3) is 5.91 Å². The van der Waals surface area contributed by atoms with E-state index >= 15 is 0 Å². The molecule has 3 aromatic carbocycles. The van der Waals surface area contributed by atoms with Crippen LogP contribution in [-0.2, 0) is 20.6 Å². The number of alkyl halides is 3. The van der Waals surface area contributed by atoms with Crippen LogP contribution in [0.15, 0.2) is 76.6 Å². The molecule has 0 bridgehead atoms. The van der Waals surface area contributed by atoms with Crippen molar-refractivity contribution < 1.29 is 37.0 Å². The lowest BCUT2D eigenvalue weighted by atomic mass is 9.83. The molecule has 238 valence electrons. The summed E-state index contributed by atoms with van der Waals surface area (Å²) in [5.74, 6) is -3.03. The SMILES string of the molecule is CCOc1cc(C2c3sc(=O)[nH]c3SC3C(=O)N(c4cccc(C(F)(F)F)c4)C(=O)C32)ccc1OCC(=O)Nc1ccc(C)cc1. The number of nitrogens with zero attached hydrogens (tertiary/aromatic N) is 1. The van der Waals surface area contributed by atoms with Gasteiger partial charge in [-0.05, 0) is 61.9 Å². The zero-order chi connectivity index (χ0) is 32.7. The number of hydrogen-bond donors (Lipinski definition) is 2. The number of ether oxygens (including phenoxy) is 2. The molecular weight excluding hydrogens is 643 g/mol. The Morgan fingerprint density at radius 3 is 2.46 bits per heavy atom. The molecule has 9 nitrogen and oxygen atoms in total. The zero-order valence-electron chi connectivity index (χ0n) is 24.3. The molecule has 0 spiro atoms. The lowest BCUT2D eigenvalue weighted by Gasteiger charge is -2.30. The maximum atomic E-state index is 14.0. The van der Waals surface area contributed by atoms with Crippen molar-refractivity contribution in [3.8, 4) is 11.5 Å². The number of aromatic amines is 1. The molecule has 46 heavy (non-hydrogen) atoms. The van der Waals surface area contributed by atoms with E-state index < -0.39 is 46.5 Å². The van der Waals surface area contributed by atoms with Gasteiger partial charge in [0.15, 0.2) is 18.1 Å². The Balaban J connectivity index is 1.32. The molecule has 3 atom stereocenters. The largest absolute Gasteiger partial charge is 0.490 e. The lowest BCUT2D eigenvalue weighted by Crippen LogP contribution is -2.32. The fraction of sp³-hybridized carbons (Fsp3) is 0.250. The van der Waals surface area contributed by atoms with E-state index in [1.165, 1.54) is 6.07 Å². The van der Waals surface area contributed by atoms with E-state index in [1.54, 1.807) is 37.3 Å². The number of carbonyl (C=O) groups excluding carboxylic acids is 3. The van der Waals surface area contributed by atoms with Gasteiger partial charge in [0.05, 0.1) is 28.8 Å². The number of anilines is 2. The van der Waals surface area contributed by atoms with Crippen molar-refractivity contribution in [3.63, 3.8) is 0 Å². The fourth-order valence-corrected chi connectivity index (χ4v) is 8.05. The number of benzene rings is 3. The molecule has 4 aromatic rings. The van der Waals surface area contributed by atoms with E-state index in [1.807, 2.05) is 19.1 Å². The summed E-state index contributed by atoms with van der Waals surface area (Å²) < 4.78 is 52.0. The third-order valence-electron chi connectivity index (χ3n) is 7.58. The van der Waals surface area contributed by atoms with E-state index in [0.29, 0.717) is 21.2 Å². The third-order valence-corrected chi connectivity index (χ3v) is 9.98. The smallest absolute Gasteiger partial charge is 0.416 e. The molecule has 3 unspecified atom stereocenters. The summed E-state index contributed by atoms with van der Waals surface area (Å²) >= 11 is 1.92. The van der Waals surface area contributed by atoms with Crippen LogP contribution in [0.2, 0.25) is 0 Å². The van der Waals surface area contributed by atoms with Crippen LogP contribution in [0.1, 0.15) is 34.4 Å². The van der Waals surface area contributed by atoms with Gasteiger partial charge >= 0.3 is 11.0 Å². The van der Waals surface area contributed by atoms with Gasteiger partial charge in [0.2, 0.25) is 11.8 Å². The molecule has 0 radical (unpaired) electrons. The first-order valence-electron chi connectivity index (χ1n) is 14.2. The Labute approximate surface area is 268 Å². The number of H-pyrrole nitrogens is 1. The molecular formula is C32H26F3N3O6S2. The molecule has 2 aliphatic rings. The number of fused-ring (bicyclic) bond motifs is 2. The highest BCUT2D eigenvalue weighted by Crippen LogP contribution is 2.54. The predicted octanol–water partition coefficient (Wildman–Crippen LogP) is 5.98. The van der Waals surface area contributed by atoms with E-state index in [2.05, 4.69) is 10.3 Å². The van der Waals surface area contributed by atoms with Gasteiger partial charge in [-0.3, -0.25) is 19.2 Å². The predicted molar refractivity (Wildman–Crippen MR) is 167 cm³/mol. The number of amides is 3. The van der Waals surface area contributed by atoms with Crippen molar-refractivity contribution in [2.45, 2.75) is 36.2 Å².